The number of phenolic OH excluding ortho intramolecular Hbond substituents is 1. The average Bonchev–Trinajstić information content (AvgIpc) is 2.53. The van der Waals surface area contributed by atoms with Gasteiger partial charge in [-0.05, 0) is 86.9 Å². The molecule has 2 rings (SSSR count). The number of hydrogen-bond acceptors (Lipinski definition) is 3. The van der Waals surface area contributed by atoms with Crippen LogP contribution in [-0.2, 0) is 4.79 Å². The van der Waals surface area contributed by atoms with Crippen LogP contribution in [0.2, 0.25) is 5.02 Å². The summed E-state index contributed by atoms with van der Waals surface area (Å²) in [5.74, 6) is -0.415. The molecule has 2 N–H and O–H groups in total. The SMILES string of the molecule is Cc1ccc(NC(=O)/C(C#N)=C\c2cc(Br)c(O)c(I)c2)cc1Cl. The molecule has 4 nitrogen and oxygen atoms in total. The number of benzene rings is 2. The summed E-state index contributed by atoms with van der Waals surface area (Å²) in [6.45, 7) is 1.86. The fraction of sp³-hybridized carbons (Fsp3) is 0.0588. The van der Waals surface area contributed by atoms with E-state index < -0.39 is 5.91 Å². The summed E-state index contributed by atoms with van der Waals surface area (Å²) in [5.41, 5.74) is 1.98. The lowest BCUT2D eigenvalue weighted by molar-refractivity contribution is -0.112. The van der Waals surface area contributed by atoms with Crippen molar-refractivity contribution in [1.29, 1.82) is 5.26 Å². The number of amides is 1. The van der Waals surface area contributed by atoms with Crippen LogP contribution in [0, 0.1) is 21.8 Å². The fourth-order valence-corrected chi connectivity index (χ4v) is 3.53. The molecule has 0 radical (unpaired) electrons. The highest BCUT2D eigenvalue weighted by atomic mass is 127. The number of hydrogen-bond donors (Lipinski definition) is 2. The second kappa shape index (κ2) is 8.01. The molecule has 0 spiro atoms. The van der Waals surface area contributed by atoms with Gasteiger partial charge in [-0.15, -0.1) is 0 Å². The maximum atomic E-state index is 12.3. The molecule has 0 aliphatic heterocycles. The Morgan fingerprint density at radius 2 is 2.12 bits per heavy atom. The molecule has 122 valence electrons. The van der Waals surface area contributed by atoms with Gasteiger partial charge < -0.3 is 10.4 Å². The summed E-state index contributed by atoms with van der Waals surface area (Å²) in [4.78, 5) is 12.3. The zero-order valence-electron chi connectivity index (χ0n) is 12.4. The van der Waals surface area contributed by atoms with Crippen molar-refractivity contribution in [1.82, 2.24) is 0 Å². The molecule has 7 heteroatoms. The van der Waals surface area contributed by atoms with Gasteiger partial charge in [0.1, 0.15) is 17.4 Å². The minimum Gasteiger partial charge on any atom is -0.506 e. The lowest BCUT2D eigenvalue weighted by Gasteiger charge is -2.07. The van der Waals surface area contributed by atoms with Gasteiger partial charge in [-0.1, -0.05) is 17.7 Å². The monoisotopic (exact) mass is 516 g/mol. The Hall–Kier alpha value is -1.56. The lowest BCUT2D eigenvalue weighted by Crippen LogP contribution is -2.13. The smallest absolute Gasteiger partial charge is 0.266 e. The normalized spacial score (nSPS) is 11.0. The number of rotatable bonds is 3. The Kier molecular flexibility index (Phi) is 6.27. The van der Waals surface area contributed by atoms with Gasteiger partial charge in [-0.25, -0.2) is 0 Å². The molecule has 0 unspecified atom stereocenters. The quantitative estimate of drug-likeness (QED) is 0.331. The maximum Gasteiger partial charge on any atom is 0.266 e. The highest BCUT2D eigenvalue weighted by Gasteiger charge is 2.12. The number of carbonyl (C=O) groups excluding carboxylic acids is 1. The third-order valence-electron chi connectivity index (χ3n) is 3.15. The minimum atomic E-state index is -0.531. The topological polar surface area (TPSA) is 73.1 Å². The van der Waals surface area contributed by atoms with Crippen molar-refractivity contribution in [2.45, 2.75) is 6.92 Å². The van der Waals surface area contributed by atoms with Gasteiger partial charge in [0, 0.05) is 10.7 Å². The van der Waals surface area contributed by atoms with Crippen LogP contribution in [0.5, 0.6) is 5.75 Å². The van der Waals surface area contributed by atoms with Crippen molar-refractivity contribution >= 4 is 67.8 Å². The number of nitrogens with one attached hydrogen (secondary N) is 1. The molecule has 1 amide bonds. The van der Waals surface area contributed by atoms with Crippen molar-refractivity contribution in [3.05, 3.63) is 60.1 Å². The van der Waals surface area contributed by atoms with Crippen LogP contribution >= 0.6 is 50.1 Å². The molecule has 2 aromatic rings. The summed E-state index contributed by atoms with van der Waals surface area (Å²) in [6.07, 6.45) is 1.46. The van der Waals surface area contributed by atoms with E-state index >= 15 is 0 Å². The fourth-order valence-electron chi connectivity index (χ4n) is 1.85. The number of halogens is 3. The molecule has 0 fully saturated rings. The second-order valence-electron chi connectivity index (χ2n) is 4.92. The van der Waals surface area contributed by atoms with Gasteiger partial charge in [0.05, 0.1) is 8.04 Å². The van der Waals surface area contributed by atoms with Crippen molar-refractivity contribution in [3.8, 4) is 11.8 Å². The van der Waals surface area contributed by atoms with Crippen molar-refractivity contribution in [2.24, 2.45) is 0 Å². The first-order valence-electron chi connectivity index (χ1n) is 6.69. The minimum absolute atomic E-state index is 0.0555. The van der Waals surface area contributed by atoms with Gasteiger partial charge in [-0.3, -0.25) is 4.79 Å². The Morgan fingerprint density at radius 3 is 2.71 bits per heavy atom. The van der Waals surface area contributed by atoms with E-state index in [0.717, 1.165) is 5.56 Å². The molecule has 0 aliphatic carbocycles. The van der Waals surface area contributed by atoms with E-state index in [9.17, 15) is 15.2 Å². The molecular formula is C17H11BrClIN2O2. The molecule has 0 saturated heterocycles. The Labute approximate surface area is 166 Å². The van der Waals surface area contributed by atoms with E-state index in [2.05, 4.69) is 21.2 Å². The summed E-state index contributed by atoms with van der Waals surface area (Å²) < 4.78 is 1.10. The number of aromatic hydroxyl groups is 1. The van der Waals surface area contributed by atoms with Gasteiger partial charge in [0.25, 0.3) is 5.91 Å². The molecule has 0 saturated carbocycles. The van der Waals surface area contributed by atoms with Crippen LogP contribution < -0.4 is 5.32 Å². The predicted molar refractivity (Wildman–Crippen MR) is 107 cm³/mol. The number of nitrogens with zero attached hydrogens (tertiary/aromatic N) is 1. The van der Waals surface area contributed by atoms with E-state index in [4.69, 9.17) is 11.6 Å². The molecule has 0 aromatic heterocycles. The van der Waals surface area contributed by atoms with E-state index in [1.165, 1.54) is 6.08 Å². The Morgan fingerprint density at radius 1 is 1.42 bits per heavy atom. The van der Waals surface area contributed by atoms with Crippen LogP contribution in [0.4, 0.5) is 5.69 Å². The summed E-state index contributed by atoms with van der Waals surface area (Å²) in [7, 11) is 0. The Balaban J connectivity index is 2.29. The average molecular weight is 518 g/mol. The number of anilines is 1. The second-order valence-corrected chi connectivity index (χ2v) is 7.34. The number of nitriles is 1. The highest BCUT2D eigenvalue weighted by Crippen LogP contribution is 2.31. The molecule has 2 aromatic carbocycles. The molecule has 0 aliphatic rings. The van der Waals surface area contributed by atoms with E-state index in [1.54, 1.807) is 30.3 Å². The Bertz CT molecular complexity index is 868. The standard InChI is InChI=1S/C17H11BrClIN2O2/c1-9-2-3-12(7-14(9)19)22-17(24)11(8-21)4-10-5-13(18)16(23)15(20)6-10/h2-7,23H,1H3,(H,22,24)/b11-4-. The first-order chi connectivity index (χ1) is 11.3. The van der Waals surface area contributed by atoms with Crippen molar-refractivity contribution < 1.29 is 9.90 Å². The van der Waals surface area contributed by atoms with Crippen LogP contribution in [-0.4, -0.2) is 11.0 Å². The van der Waals surface area contributed by atoms with Crippen molar-refractivity contribution in [3.63, 3.8) is 0 Å². The molecular weight excluding hydrogens is 506 g/mol. The summed E-state index contributed by atoms with van der Waals surface area (Å²) in [6, 6.07) is 10.3. The van der Waals surface area contributed by atoms with Gasteiger partial charge in [0.15, 0.2) is 0 Å². The third kappa shape index (κ3) is 4.50. The zero-order valence-corrected chi connectivity index (χ0v) is 16.9. The maximum absolute atomic E-state index is 12.3. The number of carbonyl (C=O) groups is 1. The molecule has 0 atom stereocenters. The van der Waals surface area contributed by atoms with Crippen LogP contribution in [0.3, 0.4) is 0 Å². The summed E-state index contributed by atoms with van der Waals surface area (Å²) in [5, 5.41) is 22.2. The first-order valence-corrected chi connectivity index (χ1v) is 8.94. The van der Waals surface area contributed by atoms with E-state index in [0.29, 0.717) is 24.3 Å². The molecule has 0 bridgehead atoms. The first kappa shape index (κ1) is 18.8. The van der Waals surface area contributed by atoms with Crippen molar-refractivity contribution in [2.75, 3.05) is 5.32 Å². The van der Waals surface area contributed by atoms with E-state index in [1.807, 2.05) is 35.6 Å². The summed E-state index contributed by atoms with van der Waals surface area (Å²) >= 11 is 11.2. The van der Waals surface area contributed by atoms with Crippen LogP contribution in [0.25, 0.3) is 6.08 Å². The lowest BCUT2D eigenvalue weighted by atomic mass is 10.1. The molecule has 0 heterocycles. The third-order valence-corrected chi connectivity index (χ3v) is 4.98. The van der Waals surface area contributed by atoms with E-state index in [-0.39, 0.29) is 11.3 Å². The zero-order chi connectivity index (χ0) is 17.9. The molecule has 24 heavy (non-hydrogen) atoms. The number of aryl methyl sites for hydroxylation is 1. The van der Waals surface area contributed by atoms with Crippen LogP contribution in [0.15, 0.2) is 40.4 Å². The number of phenols is 1. The van der Waals surface area contributed by atoms with Gasteiger partial charge in [-0.2, -0.15) is 5.26 Å². The van der Waals surface area contributed by atoms with Gasteiger partial charge in [0.2, 0.25) is 0 Å². The van der Waals surface area contributed by atoms with Crippen LogP contribution in [0.1, 0.15) is 11.1 Å². The predicted octanol–water partition coefficient (Wildman–Crippen LogP) is 5.27. The largest absolute Gasteiger partial charge is 0.506 e. The van der Waals surface area contributed by atoms with Gasteiger partial charge >= 0.3 is 0 Å². The highest BCUT2D eigenvalue weighted by molar-refractivity contribution is 14.1.